The van der Waals surface area contributed by atoms with Crippen LogP contribution in [0, 0.1) is 5.82 Å². The summed E-state index contributed by atoms with van der Waals surface area (Å²) in [5.74, 6) is -0.302. The highest BCUT2D eigenvalue weighted by molar-refractivity contribution is 7.90. The zero-order chi connectivity index (χ0) is 21.8. The first-order valence-corrected chi connectivity index (χ1v) is 11.7. The third-order valence-corrected chi connectivity index (χ3v) is 6.68. The van der Waals surface area contributed by atoms with Crippen LogP contribution in [-0.4, -0.2) is 35.1 Å². The number of hydrogen-bond acceptors (Lipinski definition) is 5. The Balaban J connectivity index is 1.79. The number of carbonyl (C=O) groups excluding carboxylic acids is 1. The molecule has 6 nitrogen and oxygen atoms in total. The van der Waals surface area contributed by atoms with Crippen LogP contribution < -0.4 is 0 Å². The summed E-state index contributed by atoms with van der Waals surface area (Å²) in [7, 11) is -3.33. The van der Waals surface area contributed by atoms with Gasteiger partial charge in [0.15, 0.2) is 21.3 Å². The molecule has 5 rings (SSSR count). The van der Waals surface area contributed by atoms with Gasteiger partial charge in [0.2, 0.25) is 0 Å². The predicted molar refractivity (Wildman–Crippen MR) is 114 cm³/mol. The molecule has 0 spiro atoms. The fourth-order valence-corrected chi connectivity index (χ4v) is 4.63. The fourth-order valence-electron chi connectivity index (χ4n) is 4.00. The summed E-state index contributed by atoms with van der Waals surface area (Å²) in [5.41, 5.74) is 4.68. The van der Waals surface area contributed by atoms with Gasteiger partial charge in [-0.25, -0.2) is 22.3 Å². The van der Waals surface area contributed by atoms with Crippen molar-refractivity contribution in [1.29, 1.82) is 0 Å². The molecule has 0 fully saturated rings. The van der Waals surface area contributed by atoms with Gasteiger partial charge in [-0.3, -0.25) is 4.79 Å². The molecular weight excluding hydrogens is 417 g/mol. The minimum absolute atomic E-state index is 0.0496. The van der Waals surface area contributed by atoms with E-state index in [0.29, 0.717) is 40.9 Å². The van der Waals surface area contributed by atoms with Gasteiger partial charge in [-0.2, -0.15) is 5.10 Å². The second-order valence-corrected chi connectivity index (χ2v) is 9.67. The van der Waals surface area contributed by atoms with Gasteiger partial charge in [0.05, 0.1) is 21.7 Å². The molecule has 4 aromatic rings. The highest BCUT2D eigenvalue weighted by Gasteiger charge is 2.25. The van der Waals surface area contributed by atoms with E-state index in [9.17, 15) is 17.6 Å². The van der Waals surface area contributed by atoms with Crippen LogP contribution in [-0.2, 0) is 16.3 Å². The predicted octanol–water partition coefficient (Wildman–Crippen LogP) is 4.12. The van der Waals surface area contributed by atoms with E-state index in [2.05, 4.69) is 4.98 Å². The van der Waals surface area contributed by atoms with Gasteiger partial charge in [0, 0.05) is 24.4 Å². The lowest BCUT2D eigenvalue weighted by atomic mass is 9.96. The standard InChI is InChI=1S/C23H18FN3O3S/c1-31(29,30)17-11-7-15(8-12-17)22-21(14-5-9-16(24)10-6-14)23-25-13-18-19(27(23)26-22)3-2-4-20(18)28/h5-13H,2-4H2,1H3. The van der Waals surface area contributed by atoms with E-state index in [0.717, 1.165) is 23.9 Å². The Labute approximate surface area is 178 Å². The topological polar surface area (TPSA) is 81.4 Å². The minimum Gasteiger partial charge on any atom is -0.294 e. The quantitative estimate of drug-likeness (QED) is 0.483. The van der Waals surface area contributed by atoms with Crippen molar-refractivity contribution in [3.05, 3.63) is 71.8 Å². The first kappa shape index (κ1) is 19.6. The maximum Gasteiger partial charge on any atom is 0.175 e. The highest BCUT2D eigenvalue weighted by atomic mass is 32.2. The molecule has 2 aromatic heterocycles. The zero-order valence-corrected chi connectivity index (χ0v) is 17.5. The van der Waals surface area contributed by atoms with Crippen LogP contribution >= 0.6 is 0 Å². The molecular formula is C23H18FN3O3S. The number of carbonyl (C=O) groups is 1. The van der Waals surface area contributed by atoms with Gasteiger partial charge < -0.3 is 0 Å². The summed E-state index contributed by atoms with van der Waals surface area (Å²) in [6.45, 7) is 0. The zero-order valence-electron chi connectivity index (χ0n) is 16.7. The largest absolute Gasteiger partial charge is 0.294 e. The van der Waals surface area contributed by atoms with E-state index in [1.165, 1.54) is 24.3 Å². The van der Waals surface area contributed by atoms with Crippen LogP contribution in [0.25, 0.3) is 28.0 Å². The molecule has 31 heavy (non-hydrogen) atoms. The number of hydrogen-bond donors (Lipinski definition) is 0. The summed E-state index contributed by atoms with van der Waals surface area (Å²) in [6.07, 6.45) is 4.69. The molecule has 0 saturated heterocycles. The Kier molecular flexibility index (Phi) is 4.48. The van der Waals surface area contributed by atoms with Crippen molar-refractivity contribution in [3.8, 4) is 22.4 Å². The Bertz CT molecular complexity index is 1440. The molecule has 0 saturated carbocycles. The van der Waals surface area contributed by atoms with Crippen LogP contribution in [0.15, 0.2) is 59.6 Å². The summed E-state index contributed by atoms with van der Waals surface area (Å²) >= 11 is 0. The van der Waals surface area contributed by atoms with E-state index in [1.54, 1.807) is 35.0 Å². The van der Waals surface area contributed by atoms with Crippen molar-refractivity contribution in [2.45, 2.75) is 24.2 Å². The third-order valence-electron chi connectivity index (χ3n) is 5.55. The van der Waals surface area contributed by atoms with Crippen molar-refractivity contribution in [2.75, 3.05) is 6.26 Å². The monoisotopic (exact) mass is 435 g/mol. The normalized spacial score (nSPS) is 14.1. The lowest BCUT2D eigenvalue weighted by Gasteiger charge is -2.14. The summed E-state index contributed by atoms with van der Waals surface area (Å²) in [6, 6.07) is 12.5. The summed E-state index contributed by atoms with van der Waals surface area (Å²) in [4.78, 5) is 17.1. The minimum atomic E-state index is -3.33. The molecule has 0 aliphatic heterocycles. The lowest BCUT2D eigenvalue weighted by Crippen LogP contribution is -2.16. The molecule has 156 valence electrons. The van der Waals surface area contributed by atoms with Crippen LogP contribution in [0.3, 0.4) is 0 Å². The molecule has 0 amide bonds. The molecule has 8 heteroatoms. The first-order valence-electron chi connectivity index (χ1n) is 9.83. The Morgan fingerprint density at radius 1 is 0.968 bits per heavy atom. The average Bonchev–Trinajstić information content (AvgIpc) is 3.14. The lowest BCUT2D eigenvalue weighted by molar-refractivity contribution is 0.0970. The SMILES string of the molecule is CS(=O)(=O)c1ccc(-c2nn3c4c(cnc3c2-c2ccc(F)cc2)C(=O)CCC4)cc1. The van der Waals surface area contributed by atoms with Crippen molar-refractivity contribution in [3.63, 3.8) is 0 Å². The molecule has 0 radical (unpaired) electrons. The second-order valence-electron chi connectivity index (χ2n) is 7.66. The van der Waals surface area contributed by atoms with E-state index < -0.39 is 9.84 Å². The number of sulfone groups is 1. The molecule has 0 N–H and O–H groups in total. The number of fused-ring (bicyclic) bond motifs is 3. The van der Waals surface area contributed by atoms with Gasteiger partial charge in [-0.05, 0) is 42.7 Å². The van der Waals surface area contributed by atoms with Crippen LogP contribution in [0.5, 0.6) is 0 Å². The summed E-state index contributed by atoms with van der Waals surface area (Å²) in [5, 5.41) is 4.78. The van der Waals surface area contributed by atoms with Crippen LogP contribution in [0.4, 0.5) is 4.39 Å². The summed E-state index contributed by atoms with van der Waals surface area (Å²) < 4.78 is 38.9. The van der Waals surface area contributed by atoms with Gasteiger partial charge in [0.25, 0.3) is 0 Å². The van der Waals surface area contributed by atoms with Crippen molar-refractivity contribution < 1.29 is 17.6 Å². The molecule has 0 atom stereocenters. The first-order chi connectivity index (χ1) is 14.8. The number of aryl methyl sites for hydroxylation is 1. The number of rotatable bonds is 3. The number of nitrogens with zero attached hydrogens (tertiary/aromatic N) is 3. The third kappa shape index (κ3) is 3.33. The maximum absolute atomic E-state index is 13.6. The van der Waals surface area contributed by atoms with Crippen LogP contribution in [0.1, 0.15) is 28.9 Å². The van der Waals surface area contributed by atoms with Gasteiger partial charge in [-0.1, -0.05) is 24.3 Å². The number of halogens is 1. The molecule has 1 aliphatic carbocycles. The molecule has 1 aliphatic rings. The van der Waals surface area contributed by atoms with Crippen molar-refractivity contribution >= 4 is 21.3 Å². The van der Waals surface area contributed by atoms with E-state index in [-0.39, 0.29) is 16.5 Å². The smallest absolute Gasteiger partial charge is 0.175 e. The van der Waals surface area contributed by atoms with E-state index >= 15 is 0 Å². The van der Waals surface area contributed by atoms with E-state index in [1.807, 2.05) is 0 Å². The van der Waals surface area contributed by atoms with Gasteiger partial charge in [-0.15, -0.1) is 0 Å². The van der Waals surface area contributed by atoms with Crippen molar-refractivity contribution in [2.24, 2.45) is 0 Å². The molecule has 0 bridgehead atoms. The van der Waals surface area contributed by atoms with Crippen LogP contribution in [0.2, 0.25) is 0 Å². The maximum atomic E-state index is 13.6. The number of Topliss-reactive ketones (excluding diaryl/α,β-unsaturated/α-hetero) is 1. The number of ketones is 1. The Morgan fingerprint density at radius 3 is 2.32 bits per heavy atom. The average molecular weight is 435 g/mol. The second kappa shape index (κ2) is 7.09. The Hall–Kier alpha value is -3.39. The van der Waals surface area contributed by atoms with Crippen molar-refractivity contribution in [1.82, 2.24) is 14.6 Å². The molecule has 0 unspecified atom stereocenters. The molecule has 2 heterocycles. The fraction of sp³-hybridized carbons (Fsp3) is 0.174. The Morgan fingerprint density at radius 2 is 1.65 bits per heavy atom. The molecule has 2 aromatic carbocycles. The number of benzene rings is 2. The number of aromatic nitrogens is 3. The van der Waals surface area contributed by atoms with E-state index in [4.69, 9.17) is 5.10 Å². The van der Waals surface area contributed by atoms with Gasteiger partial charge >= 0.3 is 0 Å². The van der Waals surface area contributed by atoms with Gasteiger partial charge in [0.1, 0.15) is 11.5 Å². The highest BCUT2D eigenvalue weighted by Crippen LogP contribution is 2.36.